The minimum absolute atomic E-state index is 0.106. The summed E-state index contributed by atoms with van der Waals surface area (Å²) in [6.45, 7) is 1.72. The van der Waals surface area contributed by atoms with Gasteiger partial charge in [-0.1, -0.05) is 46.9 Å². The summed E-state index contributed by atoms with van der Waals surface area (Å²) in [5.74, 6) is -0.595. The number of rotatable bonds is 4. The lowest BCUT2D eigenvalue weighted by molar-refractivity contribution is 0.599. The first-order valence-corrected chi connectivity index (χ1v) is 10.2. The van der Waals surface area contributed by atoms with E-state index in [4.69, 9.17) is 34.8 Å². The molecule has 0 atom stereocenters. The largest absolute Gasteiger partial charge is 0.263 e. The van der Waals surface area contributed by atoms with E-state index < -0.39 is 15.8 Å². The Hall–Kier alpha value is -1.86. The molecular formula is C18H12Cl3FN2O2S. The third-order valence-electron chi connectivity index (χ3n) is 3.77. The SMILES string of the molecule is Cc1nc(NS(=O)(=O)c2ccc(F)c(Cl)c2)ccc1-c1cccc(Cl)c1Cl. The summed E-state index contributed by atoms with van der Waals surface area (Å²) in [7, 11) is -3.97. The Kier molecular flexibility index (Phi) is 5.63. The van der Waals surface area contributed by atoms with Gasteiger partial charge in [0.15, 0.2) is 0 Å². The summed E-state index contributed by atoms with van der Waals surface area (Å²) in [6.07, 6.45) is 0. The highest BCUT2D eigenvalue weighted by Crippen LogP contribution is 2.35. The molecule has 0 unspecified atom stereocenters. The number of halogens is 4. The second kappa shape index (κ2) is 7.64. The van der Waals surface area contributed by atoms with E-state index in [0.717, 1.165) is 23.8 Å². The van der Waals surface area contributed by atoms with Crippen molar-refractivity contribution in [2.75, 3.05) is 4.72 Å². The quantitative estimate of drug-likeness (QED) is 0.539. The van der Waals surface area contributed by atoms with E-state index in [0.29, 0.717) is 21.3 Å². The molecule has 1 heterocycles. The van der Waals surface area contributed by atoms with Gasteiger partial charge >= 0.3 is 0 Å². The number of aryl methyl sites for hydroxylation is 1. The van der Waals surface area contributed by atoms with E-state index in [9.17, 15) is 12.8 Å². The molecule has 0 amide bonds. The normalized spacial score (nSPS) is 11.4. The second-order valence-corrected chi connectivity index (χ2v) is 8.49. The molecule has 1 aromatic heterocycles. The Labute approximate surface area is 171 Å². The molecule has 0 saturated heterocycles. The summed E-state index contributed by atoms with van der Waals surface area (Å²) >= 11 is 17.9. The van der Waals surface area contributed by atoms with E-state index in [1.54, 1.807) is 31.2 Å². The molecule has 4 nitrogen and oxygen atoms in total. The summed E-state index contributed by atoms with van der Waals surface area (Å²) < 4.78 is 40.5. The van der Waals surface area contributed by atoms with Gasteiger partial charge in [0, 0.05) is 16.8 Å². The first-order valence-electron chi connectivity index (χ1n) is 7.59. The van der Waals surface area contributed by atoms with Crippen LogP contribution >= 0.6 is 34.8 Å². The molecule has 0 saturated carbocycles. The van der Waals surface area contributed by atoms with Crippen LogP contribution in [0.4, 0.5) is 10.2 Å². The van der Waals surface area contributed by atoms with Crippen LogP contribution in [0.5, 0.6) is 0 Å². The Balaban J connectivity index is 1.94. The van der Waals surface area contributed by atoms with E-state index in [1.165, 1.54) is 6.07 Å². The zero-order chi connectivity index (χ0) is 19.8. The van der Waals surface area contributed by atoms with Crippen molar-refractivity contribution >= 4 is 50.6 Å². The van der Waals surface area contributed by atoms with Gasteiger partial charge in [0.1, 0.15) is 11.6 Å². The average molecular weight is 446 g/mol. The van der Waals surface area contributed by atoms with Crippen LogP contribution in [0.1, 0.15) is 5.69 Å². The van der Waals surface area contributed by atoms with Gasteiger partial charge in [-0.2, -0.15) is 0 Å². The molecule has 140 valence electrons. The van der Waals surface area contributed by atoms with Crippen molar-refractivity contribution in [3.8, 4) is 11.1 Å². The fourth-order valence-electron chi connectivity index (χ4n) is 2.45. The molecule has 0 fully saturated rings. The number of sulfonamides is 1. The number of nitrogens with one attached hydrogen (secondary N) is 1. The number of hydrogen-bond acceptors (Lipinski definition) is 3. The summed E-state index contributed by atoms with van der Waals surface area (Å²) in [4.78, 5) is 4.10. The van der Waals surface area contributed by atoms with Crippen LogP contribution in [-0.4, -0.2) is 13.4 Å². The second-order valence-electron chi connectivity index (χ2n) is 5.61. The Morgan fingerprint density at radius 2 is 1.70 bits per heavy atom. The lowest BCUT2D eigenvalue weighted by Crippen LogP contribution is -2.14. The van der Waals surface area contributed by atoms with Gasteiger partial charge in [-0.3, -0.25) is 4.72 Å². The van der Waals surface area contributed by atoms with Gasteiger partial charge in [-0.25, -0.2) is 17.8 Å². The van der Waals surface area contributed by atoms with E-state index in [2.05, 4.69) is 9.71 Å². The maximum atomic E-state index is 13.3. The van der Waals surface area contributed by atoms with E-state index in [-0.39, 0.29) is 15.7 Å². The zero-order valence-electron chi connectivity index (χ0n) is 13.8. The van der Waals surface area contributed by atoms with Gasteiger partial charge in [0.05, 0.1) is 20.0 Å². The van der Waals surface area contributed by atoms with Crippen molar-refractivity contribution in [1.29, 1.82) is 0 Å². The van der Waals surface area contributed by atoms with Crippen LogP contribution in [0, 0.1) is 12.7 Å². The summed E-state index contributed by atoms with van der Waals surface area (Å²) in [5.41, 5.74) is 1.96. The monoisotopic (exact) mass is 444 g/mol. The molecule has 0 radical (unpaired) electrons. The van der Waals surface area contributed by atoms with Crippen molar-refractivity contribution < 1.29 is 12.8 Å². The predicted molar refractivity (Wildman–Crippen MR) is 107 cm³/mol. The average Bonchev–Trinajstić information content (AvgIpc) is 2.60. The minimum Gasteiger partial charge on any atom is -0.263 e. The third kappa shape index (κ3) is 4.19. The number of benzene rings is 2. The molecule has 0 aliphatic heterocycles. The van der Waals surface area contributed by atoms with Crippen molar-refractivity contribution in [1.82, 2.24) is 4.98 Å². The molecule has 1 N–H and O–H groups in total. The van der Waals surface area contributed by atoms with Crippen LogP contribution in [0.2, 0.25) is 15.1 Å². The maximum absolute atomic E-state index is 13.3. The Morgan fingerprint density at radius 3 is 2.37 bits per heavy atom. The molecule has 3 aromatic rings. The van der Waals surface area contributed by atoms with Crippen LogP contribution < -0.4 is 4.72 Å². The van der Waals surface area contributed by atoms with Crippen LogP contribution in [0.15, 0.2) is 53.4 Å². The molecule has 0 aliphatic carbocycles. The van der Waals surface area contributed by atoms with Crippen molar-refractivity contribution in [3.63, 3.8) is 0 Å². The van der Waals surface area contributed by atoms with Crippen molar-refractivity contribution in [2.45, 2.75) is 11.8 Å². The molecule has 9 heteroatoms. The minimum atomic E-state index is -3.97. The lowest BCUT2D eigenvalue weighted by atomic mass is 10.0. The van der Waals surface area contributed by atoms with E-state index >= 15 is 0 Å². The number of aromatic nitrogens is 1. The number of nitrogens with zero attached hydrogens (tertiary/aromatic N) is 1. The molecule has 0 bridgehead atoms. The van der Waals surface area contributed by atoms with Crippen molar-refractivity contribution in [2.24, 2.45) is 0 Å². The molecule has 0 aliphatic rings. The fraction of sp³-hybridized carbons (Fsp3) is 0.0556. The third-order valence-corrected chi connectivity index (χ3v) is 6.23. The molecule has 0 spiro atoms. The van der Waals surface area contributed by atoms with Gasteiger partial charge in [0.25, 0.3) is 10.0 Å². The van der Waals surface area contributed by atoms with Gasteiger partial charge in [-0.15, -0.1) is 0 Å². The summed E-state index contributed by atoms with van der Waals surface area (Å²) in [5, 5.41) is 0.512. The van der Waals surface area contributed by atoms with E-state index in [1.807, 2.05) is 0 Å². The van der Waals surface area contributed by atoms with Crippen LogP contribution in [0.25, 0.3) is 11.1 Å². The Morgan fingerprint density at radius 1 is 0.963 bits per heavy atom. The van der Waals surface area contributed by atoms with Crippen molar-refractivity contribution in [3.05, 3.63) is 75.1 Å². The molecular weight excluding hydrogens is 434 g/mol. The summed E-state index contributed by atoms with van der Waals surface area (Å²) in [6, 6.07) is 11.6. The van der Waals surface area contributed by atoms with Crippen LogP contribution in [-0.2, 0) is 10.0 Å². The van der Waals surface area contributed by atoms with Gasteiger partial charge < -0.3 is 0 Å². The number of pyridine rings is 1. The van der Waals surface area contributed by atoms with Gasteiger partial charge in [-0.05, 0) is 43.3 Å². The van der Waals surface area contributed by atoms with Gasteiger partial charge in [0.2, 0.25) is 0 Å². The first-order chi connectivity index (χ1) is 12.7. The predicted octanol–water partition coefficient (Wildman–Crippen LogP) is 5.96. The molecule has 27 heavy (non-hydrogen) atoms. The highest BCUT2D eigenvalue weighted by atomic mass is 35.5. The number of anilines is 1. The maximum Gasteiger partial charge on any atom is 0.263 e. The Bertz CT molecular complexity index is 1140. The standard InChI is InChI=1S/C18H12Cl3FN2O2S/c1-10-12(13-3-2-4-14(19)18(13)21)6-8-17(23-10)24-27(25,26)11-5-7-16(22)15(20)9-11/h2-9H,1H3,(H,23,24). The highest BCUT2D eigenvalue weighted by molar-refractivity contribution is 7.92. The fourth-order valence-corrected chi connectivity index (χ4v) is 4.13. The molecule has 2 aromatic carbocycles. The highest BCUT2D eigenvalue weighted by Gasteiger charge is 2.18. The first kappa shape index (κ1) is 19.9. The van der Waals surface area contributed by atoms with Crippen LogP contribution in [0.3, 0.4) is 0 Å². The zero-order valence-corrected chi connectivity index (χ0v) is 16.9. The number of hydrogen-bond donors (Lipinski definition) is 1. The lowest BCUT2D eigenvalue weighted by Gasteiger charge is -2.12. The molecule has 3 rings (SSSR count). The topological polar surface area (TPSA) is 59.1 Å². The smallest absolute Gasteiger partial charge is 0.263 e.